The van der Waals surface area contributed by atoms with Crippen molar-refractivity contribution in [3.63, 3.8) is 0 Å². The first kappa shape index (κ1) is 21.2. The van der Waals surface area contributed by atoms with E-state index in [9.17, 15) is 53.9 Å². The van der Waals surface area contributed by atoms with Crippen LogP contribution in [-0.2, 0) is 14.4 Å². The molecule has 1 rings (SSSR count). The maximum absolute atomic E-state index is 12.4. The lowest BCUT2D eigenvalue weighted by atomic mass is 10.2. The second kappa shape index (κ2) is 6.84. The van der Waals surface area contributed by atoms with E-state index in [4.69, 9.17) is 0 Å². The molecule has 0 bridgehead atoms. The van der Waals surface area contributed by atoms with Gasteiger partial charge in [0, 0.05) is 5.69 Å². The Morgan fingerprint density at radius 1 is 0.692 bits per heavy atom. The first-order chi connectivity index (χ1) is 11.5. The quantitative estimate of drug-likeness (QED) is 0.782. The monoisotopic (exact) mass is 396 g/mol. The van der Waals surface area contributed by atoms with E-state index in [2.05, 4.69) is 0 Å². The number of nitrogens with one attached hydrogen (secondary N) is 1. The molecule has 0 unspecified atom stereocenters. The van der Waals surface area contributed by atoms with Crippen LogP contribution in [0, 0.1) is 0 Å². The Morgan fingerprint density at radius 2 is 1.08 bits per heavy atom. The number of alkyl halides is 9. The predicted molar refractivity (Wildman–Crippen MR) is 65.7 cm³/mol. The lowest BCUT2D eigenvalue weighted by molar-refractivity contribution is -0.181. The molecule has 14 heteroatoms. The van der Waals surface area contributed by atoms with Gasteiger partial charge < -0.3 is 5.32 Å². The summed E-state index contributed by atoms with van der Waals surface area (Å²) in [4.78, 5) is 31.7. The van der Waals surface area contributed by atoms with Crippen LogP contribution in [0.2, 0.25) is 0 Å². The molecule has 0 radical (unpaired) electrons. The number of benzene rings is 1. The molecule has 0 atom stereocenters. The molecule has 5 nitrogen and oxygen atoms in total. The number of nitrogens with zero attached hydrogens (tertiary/aromatic N) is 1. The molecule has 144 valence electrons. The van der Waals surface area contributed by atoms with Gasteiger partial charge in [0.2, 0.25) is 0 Å². The van der Waals surface area contributed by atoms with Gasteiger partial charge in [-0.05, 0) is 24.3 Å². The Balaban J connectivity index is 3.22. The third kappa shape index (κ3) is 5.10. The summed E-state index contributed by atoms with van der Waals surface area (Å²) in [5, 5.41) is 1.27. The van der Waals surface area contributed by atoms with Crippen molar-refractivity contribution in [1.82, 2.24) is 0 Å². The zero-order valence-electron chi connectivity index (χ0n) is 11.9. The molecule has 0 spiro atoms. The molecule has 26 heavy (non-hydrogen) atoms. The average molecular weight is 396 g/mol. The van der Waals surface area contributed by atoms with E-state index in [0.29, 0.717) is 24.3 Å². The topological polar surface area (TPSA) is 66.5 Å². The van der Waals surface area contributed by atoms with E-state index in [-0.39, 0.29) is 0 Å². The van der Waals surface area contributed by atoms with Crippen molar-refractivity contribution in [2.75, 3.05) is 10.2 Å². The van der Waals surface area contributed by atoms with Gasteiger partial charge in [-0.1, -0.05) is 0 Å². The largest absolute Gasteiger partial charge is 0.472 e. The summed E-state index contributed by atoms with van der Waals surface area (Å²) >= 11 is 0. The minimum Gasteiger partial charge on any atom is -0.318 e. The first-order valence-electron chi connectivity index (χ1n) is 6.06. The molecule has 1 N–H and O–H groups in total. The maximum atomic E-state index is 12.4. The van der Waals surface area contributed by atoms with Crippen molar-refractivity contribution >= 4 is 29.1 Å². The highest BCUT2D eigenvalue weighted by Crippen LogP contribution is 2.30. The van der Waals surface area contributed by atoms with Crippen LogP contribution in [0.3, 0.4) is 0 Å². The highest BCUT2D eigenvalue weighted by atomic mass is 19.4. The minimum absolute atomic E-state index is 0.319. The molecule has 0 aliphatic heterocycles. The summed E-state index contributed by atoms with van der Waals surface area (Å²) in [6.45, 7) is 0. The fraction of sp³-hybridized carbons (Fsp3) is 0.250. The van der Waals surface area contributed by atoms with E-state index in [1.165, 1.54) is 5.32 Å². The molecule has 1 aromatic carbocycles. The van der Waals surface area contributed by atoms with E-state index in [1.807, 2.05) is 0 Å². The van der Waals surface area contributed by atoms with Gasteiger partial charge in [-0.3, -0.25) is 14.4 Å². The summed E-state index contributed by atoms with van der Waals surface area (Å²) in [5.41, 5.74) is -1.88. The van der Waals surface area contributed by atoms with E-state index >= 15 is 0 Å². The van der Waals surface area contributed by atoms with Crippen molar-refractivity contribution < 1.29 is 53.9 Å². The second-order valence-electron chi connectivity index (χ2n) is 4.44. The second-order valence-corrected chi connectivity index (χ2v) is 4.44. The van der Waals surface area contributed by atoms with E-state index in [0.717, 1.165) is 0 Å². The lowest BCUT2D eigenvalue weighted by Crippen LogP contribution is -2.50. The van der Waals surface area contributed by atoms with Gasteiger partial charge >= 0.3 is 36.3 Å². The van der Waals surface area contributed by atoms with Crippen LogP contribution in [0.25, 0.3) is 0 Å². The van der Waals surface area contributed by atoms with Crippen LogP contribution in [0.1, 0.15) is 0 Å². The van der Waals surface area contributed by atoms with Crippen molar-refractivity contribution in [3.8, 4) is 0 Å². The predicted octanol–water partition coefficient (Wildman–Crippen LogP) is 3.17. The van der Waals surface area contributed by atoms with Gasteiger partial charge in [-0.25, -0.2) is 4.90 Å². The maximum Gasteiger partial charge on any atom is 0.472 e. The summed E-state index contributed by atoms with van der Waals surface area (Å²) in [5.74, 6) is -8.78. The summed E-state index contributed by atoms with van der Waals surface area (Å²) in [6.07, 6.45) is -17.0. The summed E-state index contributed by atoms with van der Waals surface area (Å²) in [7, 11) is 0. The minimum atomic E-state index is -5.84. The van der Waals surface area contributed by atoms with Crippen molar-refractivity contribution in [2.24, 2.45) is 0 Å². The molecule has 0 saturated heterocycles. The number of amides is 3. The van der Waals surface area contributed by atoms with Gasteiger partial charge in [0.05, 0.1) is 5.69 Å². The molecule has 0 heterocycles. The third-order valence-corrected chi connectivity index (χ3v) is 2.53. The zero-order valence-corrected chi connectivity index (χ0v) is 11.9. The van der Waals surface area contributed by atoms with Gasteiger partial charge in [0.1, 0.15) is 0 Å². The number of imide groups is 1. The molecule has 0 fully saturated rings. The molecule has 0 aromatic heterocycles. The molecule has 0 saturated carbocycles. The van der Waals surface area contributed by atoms with Crippen LogP contribution >= 0.6 is 0 Å². The number of hydrogen-bond donors (Lipinski definition) is 1. The number of halogens is 9. The summed E-state index contributed by atoms with van der Waals surface area (Å²) in [6, 6.07) is 1.58. The molecule has 0 aliphatic rings. The Labute approximate surface area is 137 Å². The van der Waals surface area contributed by atoms with Crippen molar-refractivity contribution in [2.45, 2.75) is 18.5 Å². The normalized spacial score (nSPS) is 12.5. The zero-order chi connectivity index (χ0) is 20.5. The van der Waals surface area contributed by atoms with Crippen LogP contribution in [-0.4, -0.2) is 36.3 Å². The average Bonchev–Trinajstić information content (AvgIpc) is 2.46. The van der Waals surface area contributed by atoms with E-state index in [1.54, 1.807) is 0 Å². The van der Waals surface area contributed by atoms with Crippen LogP contribution in [0.4, 0.5) is 50.9 Å². The Morgan fingerprint density at radius 3 is 1.38 bits per heavy atom. The van der Waals surface area contributed by atoms with E-state index < -0.39 is 52.5 Å². The smallest absolute Gasteiger partial charge is 0.318 e. The highest BCUT2D eigenvalue weighted by molar-refractivity contribution is 6.18. The van der Waals surface area contributed by atoms with Gasteiger partial charge in [0.15, 0.2) is 0 Å². The lowest BCUT2D eigenvalue weighted by Gasteiger charge is -2.23. The standard InChI is InChI=1S/C12H5F9N2O3/c13-10(14,15)7(24)22-5-1-3-6(4-2-5)23(8(25)11(16,17)18)9(26)12(19,20)21/h1-4H,(H,22,24). The Bertz CT molecular complexity index is 679. The number of carbonyl (C=O) groups is 3. The van der Waals surface area contributed by atoms with Crippen molar-refractivity contribution in [3.05, 3.63) is 24.3 Å². The Hall–Kier alpha value is -2.80. The number of carbonyl (C=O) groups excluding carboxylic acids is 3. The van der Waals surface area contributed by atoms with Gasteiger partial charge in [0.25, 0.3) is 0 Å². The molecule has 0 aliphatic carbocycles. The molecule has 3 amide bonds. The SMILES string of the molecule is O=C(Nc1ccc(N(C(=O)C(F)(F)F)C(=O)C(F)(F)F)cc1)C(F)(F)F. The first-order valence-corrected chi connectivity index (χ1v) is 6.06. The highest BCUT2D eigenvalue weighted by Gasteiger charge is 2.52. The number of anilines is 2. The van der Waals surface area contributed by atoms with Crippen molar-refractivity contribution in [1.29, 1.82) is 0 Å². The fourth-order valence-corrected chi connectivity index (χ4v) is 1.48. The Kier molecular flexibility index (Phi) is 5.59. The van der Waals surface area contributed by atoms with Gasteiger partial charge in [-0.2, -0.15) is 39.5 Å². The van der Waals surface area contributed by atoms with Gasteiger partial charge in [-0.15, -0.1) is 0 Å². The fourth-order valence-electron chi connectivity index (χ4n) is 1.48. The summed E-state index contributed by atoms with van der Waals surface area (Å²) < 4.78 is 111. The third-order valence-electron chi connectivity index (χ3n) is 2.53. The number of hydrogen-bond acceptors (Lipinski definition) is 3. The van der Waals surface area contributed by atoms with Crippen LogP contribution in [0.15, 0.2) is 24.3 Å². The molecular weight excluding hydrogens is 391 g/mol. The molecular formula is C12H5F9N2O3. The van der Waals surface area contributed by atoms with Crippen LogP contribution in [0.5, 0.6) is 0 Å². The number of rotatable bonds is 2. The van der Waals surface area contributed by atoms with Crippen LogP contribution < -0.4 is 10.2 Å². The molecule has 1 aromatic rings.